The number of fused-ring (bicyclic) bond motifs is 1. The number of benzene rings is 1. The van der Waals surface area contributed by atoms with E-state index in [0.29, 0.717) is 47.5 Å². The Morgan fingerprint density at radius 3 is 2.65 bits per heavy atom. The predicted octanol–water partition coefficient (Wildman–Crippen LogP) is 4.05. The number of allylic oxidation sites excluding steroid dienone is 1. The van der Waals surface area contributed by atoms with Crippen molar-refractivity contribution in [3.05, 3.63) is 65.1 Å². The van der Waals surface area contributed by atoms with Crippen molar-refractivity contribution in [3.63, 3.8) is 0 Å². The Labute approximate surface area is 231 Å². The number of aryl methyl sites for hydroxylation is 2. The summed E-state index contributed by atoms with van der Waals surface area (Å²) in [5.74, 6) is -0.920. The minimum atomic E-state index is -0.883. The molecule has 4 rings (SSSR count). The number of anilines is 2. The second-order valence-electron chi connectivity index (χ2n) is 9.38. The fraction of sp³-hybridized carbons (Fsp3) is 0.357. The number of hydrogen-bond donors (Lipinski definition) is 2. The van der Waals surface area contributed by atoms with Crippen LogP contribution in [0.4, 0.5) is 16.3 Å². The highest BCUT2D eigenvalue weighted by molar-refractivity contribution is 6.04. The number of amides is 3. The molecule has 12 nitrogen and oxygen atoms in total. The molecule has 40 heavy (non-hydrogen) atoms. The first kappa shape index (κ1) is 28.3. The van der Waals surface area contributed by atoms with E-state index in [1.807, 2.05) is 20.8 Å². The number of carbonyl (C=O) groups is 4. The Balaban J connectivity index is 1.56. The van der Waals surface area contributed by atoms with Crippen molar-refractivity contribution in [1.82, 2.24) is 24.8 Å². The minimum absolute atomic E-state index is 0.191. The molecular weight excluding hydrogens is 516 g/mol. The van der Waals surface area contributed by atoms with Crippen LogP contribution in [-0.2, 0) is 14.3 Å². The van der Waals surface area contributed by atoms with Gasteiger partial charge in [0, 0.05) is 36.1 Å². The molecule has 3 amide bonds. The second-order valence-corrected chi connectivity index (χ2v) is 9.38. The summed E-state index contributed by atoms with van der Waals surface area (Å²) in [4.78, 5) is 55.7. The van der Waals surface area contributed by atoms with E-state index in [1.165, 1.54) is 18.5 Å². The third-order valence-corrected chi connectivity index (χ3v) is 6.36. The van der Waals surface area contributed by atoms with Crippen LogP contribution in [0, 0.1) is 13.8 Å². The van der Waals surface area contributed by atoms with E-state index in [-0.39, 0.29) is 17.5 Å². The number of ether oxygens (including phenoxy) is 2. The van der Waals surface area contributed by atoms with Crippen LogP contribution in [-0.4, -0.2) is 62.8 Å². The molecule has 1 aromatic carbocycles. The highest BCUT2D eigenvalue weighted by Crippen LogP contribution is 2.31. The van der Waals surface area contributed by atoms with Crippen molar-refractivity contribution in [2.45, 2.75) is 53.0 Å². The summed E-state index contributed by atoms with van der Waals surface area (Å²) in [6, 6.07) is 4.74. The van der Waals surface area contributed by atoms with Crippen molar-refractivity contribution in [1.29, 1.82) is 0 Å². The lowest BCUT2D eigenvalue weighted by Gasteiger charge is -2.20. The average molecular weight is 549 g/mol. The Morgan fingerprint density at radius 1 is 1.18 bits per heavy atom. The molecule has 3 aromatic rings. The molecule has 0 bridgehead atoms. The van der Waals surface area contributed by atoms with Gasteiger partial charge in [-0.2, -0.15) is 5.10 Å². The Hall–Kier alpha value is -4.74. The number of imide groups is 1. The van der Waals surface area contributed by atoms with Crippen LogP contribution in [0.1, 0.15) is 65.0 Å². The lowest BCUT2D eigenvalue weighted by atomic mass is 10.1. The Kier molecular flexibility index (Phi) is 8.77. The zero-order valence-corrected chi connectivity index (χ0v) is 22.9. The maximum Gasteiger partial charge on any atom is 0.419 e. The van der Waals surface area contributed by atoms with Gasteiger partial charge < -0.3 is 20.1 Å². The normalized spacial score (nSPS) is 12.8. The lowest BCUT2D eigenvalue weighted by molar-refractivity contribution is -0.146. The lowest BCUT2D eigenvalue weighted by Crippen LogP contribution is -2.39. The smallest absolute Gasteiger partial charge is 0.419 e. The van der Waals surface area contributed by atoms with Crippen LogP contribution >= 0.6 is 0 Å². The first-order valence-corrected chi connectivity index (χ1v) is 13.0. The zero-order chi connectivity index (χ0) is 28.8. The summed E-state index contributed by atoms with van der Waals surface area (Å²) in [6.07, 6.45) is 6.99. The molecule has 2 heterocycles. The standard InChI is InChI=1S/C28H32N6O6/c1-5-7-23(35)39-16-40-28(38)34(20-10-11-20)27(37)19-9-8-17(3)22(13-19)32-25-24-18(4)21(26(36)29-12-6-2)14-33(24)31-15-30-25/h5,7-9,13-15,20H,6,10-12,16H2,1-4H3,(H,29,36)(H,30,31,32)/b7-5+. The van der Waals surface area contributed by atoms with Gasteiger partial charge >= 0.3 is 12.1 Å². The summed E-state index contributed by atoms with van der Waals surface area (Å²) in [5, 5.41) is 10.4. The SMILES string of the molecule is C/C=C/C(=O)OCOC(=O)N(C(=O)c1ccc(C)c(Nc2ncnn3cc(C(=O)NCCC)c(C)c23)c1)C1CC1. The van der Waals surface area contributed by atoms with Gasteiger partial charge in [0.15, 0.2) is 5.82 Å². The van der Waals surface area contributed by atoms with E-state index in [9.17, 15) is 19.2 Å². The van der Waals surface area contributed by atoms with Gasteiger partial charge in [0.05, 0.1) is 5.56 Å². The number of carbonyl (C=O) groups excluding carboxylic acids is 4. The second kappa shape index (κ2) is 12.4. The predicted molar refractivity (Wildman–Crippen MR) is 146 cm³/mol. The van der Waals surface area contributed by atoms with Crippen molar-refractivity contribution < 1.29 is 28.7 Å². The van der Waals surface area contributed by atoms with Crippen LogP contribution in [0.5, 0.6) is 0 Å². The Bertz CT molecular complexity index is 1480. The van der Waals surface area contributed by atoms with Gasteiger partial charge in [0.1, 0.15) is 11.8 Å². The van der Waals surface area contributed by atoms with E-state index in [0.717, 1.165) is 16.9 Å². The summed E-state index contributed by atoms with van der Waals surface area (Å²) >= 11 is 0. The van der Waals surface area contributed by atoms with Crippen LogP contribution in [0.3, 0.4) is 0 Å². The van der Waals surface area contributed by atoms with E-state index < -0.39 is 24.8 Å². The monoisotopic (exact) mass is 548 g/mol. The third kappa shape index (κ3) is 6.28. The van der Waals surface area contributed by atoms with Gasteiger partial charge in [-0.3, -0.25) is 9.59 Å². The number of esters is 1. The molecule has 1 saturated carbocycles. The molecule has 0 aliphatic heterocycles. The molecule has 1 aliphatic rings. The van der Waals surface area contributed by atoms with E-state index in [2.05, 4.69) is 20.7 Å². The van der Waals surface area contributed by atoms with Gasteiger partial charge in [0.25, 0.3) is 11.8 Å². The molecule has 0 saturated heterocycles. The maximum absolute atomic E-state index is 13.4. The molecule has 0 unspecified atom stereocenters. The molecule has 0 spiro atoms. The molecule has 210 valence electrons. The van der Waals surface area contributed by atoms with Crippen LogP contribution < -0.4 is 10.6 Å². The molecule has 0 radical (unpaired) electrons. The van der Waals surface area contributed by atoms with Crippen LogP contribution in [0.25, 0.3) is 5.52 Å². The van der Waals surface area contributed by atoms with Gasteiger partial charge in [-0.25, -0.2) is 24.0 Å². The minimum Gasteiger partial charge on any atom is -0.425 e. The number of aromatic nitrogens is 3. The first-order valence-electron chi connectivity index (χ1n) is 13.0. The van der Waals surface area contributed by atoms with Crippen LogP contribution in [0.15, 0.2) is 42.9 Å². The van der Waals surface area contributed by atoms with Gasteiger partial charge in [-0.05, 0) is 63.3 Å². The zero-order valence-electron chi connectivity index (χ0n) is 22.9. The topological polar surface area (TPSA) is 144 Å². The van der Waals surface area contributed by atoms with Gasteiger partial charge in [-0.15, -0.1) is 0 Å². The van der Waals surface area contributed by atoms with Gasteiger partial charge in [-0.1, -0.05) is 19.1 Å². The summed E-state index contributed by atoms with van der Waals surface area (Å²) in [6.45, 7) is 7.30. The molecular formula is C28H32N6O6. The first-order chi connectivity index (χ1) is 19.2. The largest absolute Gasteiger partial charge is 0.425 e. The quantitative estimate of drug-likeness (QED) is 0.218. The molecule has 1 fully saturated rings. The van der Waals surface area contributed by atoms with Crippen molar-refractivity contribution in [2.75, 3.05) is 18.7 Å². The molecule has 2 aromatic heterocycles. The average Bonchev–Trinajstić information content (AvgIpc) is 3.70. The highest BCUT2D eigenvalue weighted by Gasteiger charge is 2.39. The molecule has 0 atom stereocenters. The fourth-order valence-corrected chi connectivity index (χ4v) is 4.09. The maximum atomic E-state index is 13.4. The van der Waals surface area contributed by atoms with Crippen LogP contribution in [0.2, 0.25) is 0 Å². The highest BCUT2D eigenvalue weighted by atomic mass is 16.7. The van der Waals surface area contributed by atoms with Crippen molar-refractivity contribution in [2.24, 2.45) is 0 Å². The third-order valence-electron chi connectivity index (χ3n) is 6.36. The van der Waals surface area contributed by atoms with E-state index in [1.54, 1.807) is 35.8 Å². The van der Waals surface area contributed by atoms with Crippen molar-refractivity contribution in [3.8, 4) is 0 Å². The summed E-state index contributed by atoms with van der Waals surface area (Å²) < 4.78 is 11.4. The van der Waals surface area contributed by atoms with Gasteiger partial charge in [0.2, 0.25) is 6.79 Å². The Morgan fingerprint density at radius 2 is 1.95 bits per heavy atom. The number of nitrogens with one attached hydrogen (secondary N) is 2. The van der Waals surface area contributed by atoms with E-state index >= 15 is 0 Å². The fourth-order valence-electron chi connectivity index (χ4n) is 4.09. The molecule has 2 N–H and O–H groups in total. The molecule has 12 heteroatoms. The number of rotatable bonds is 10. The summed E-state index contributed by atoms with van der Waals surface area (Å²) in [7, 11) is 0. The number of hydrogen-bond acceptors (Lipinski definition) is 9. The molecule has 1 aliphatic carbocycles. The number of nitrogens with zero attached hydrogens (tertiary/aromatic N) is 4. The van der Waals surface area contributed by atoms with Crippen molar-refractivity contribution >= 4 is 40.9 Å². The van der Waals surface area contributed by atoms with E-state index in [4.69, 9.17) is 9.47 Å². The summed E-state index contributed by atoms with van der Waals surface area (Å²) in [5.41, 5.74) is 3.51.